The number of sulfone groups is 1. The molecule has 1 saturated heterocycles. The van der Waals surface area contributed by atoms with E-state index in [-0.39, 0.29) is 17.5 Å². The van der Waals surface area contributed by atoms with Crippen molar-refractivity contribution in [1.82, 2.24) is 4.90 Å². The van der Waals surface area contributed by atoms with E-state index in [1.165, 1.54) is 0 Å². The lowest BCUT2D eigenvalue weighted by molar-refractivity contribution is -0.126. The Morgan fingerprint density at radius 3 is 2.62 bits per heavy atom. The predicted octanol–water partition coefficient (Wildman–Crippen LogP) is 0.619. The molecule has 2 aliphatic rings. The minimum Gasteiger partial charge on any atom is -0.298 e. The fourth-order valence-corrected chi connectivity index (χ4v) is 3.91. The van der Waals surface area contributed by atoms with Crippen LogP contribution in [0.25, 0.3) is 0 Å². The maximum Gasteiger partial charge on any atom is 0.151 e. The van der Waals surface area contributed by atoms with Crippen molar-refractivity contribution in [3.8, 4) is 0 Å². The number of carbonyl (C=O) groups excluding carboxylic acids is 1. The van der Waals surface area contributed by atoms with E-state index in [1.54, 1.807) is 0 Å². The molecule has 0 amide bonds. The largest absolute Gasteiger partial charge is 0.298 e. The van der Waals surface area contributed by atoms with Crippen molar-refractivity contribution in [1.29, 1.82) is 0 Å². The Labute approximate surface area is 96.9 Å². The lowest BCUT2D eigenvalue weighted by atomic mass is 9.93. The summed E-state index contributed by atoms with van der Waals surface area (Å²) in [7, 11) is -2.86. The third-order valence-electron chi connectivity index (χ3n) is 3.55. The lowest BCUT2D eigenvalue weighted by Gasteiger charge is -2.31. The first-order valence-electron chi connectivity index (χ1n) is 6.06. The molecule has 1 atom stereocenters. The summed E-state index contributed by atoms with van der Waals surface area (Å²) < 4.78 is 22.9. The third-order valence-corrected chi connectivity index (χ3v) is 5.27. The van der Waals surface area contributed by atoms with Crippen LogP contribution in [0, 0.1) is 0 Å². The Bertz CT molecular complexity index is 363. The van der Waals surface area contributed by atoms with E-state index in [0.29, 0.717) is 25.2 Å². The van der Waals surface area contributed by atoms with Gasteiger partial charge in [0.25, 0.3) is 0 Å². The monoisotopic (exact) mass is 245 g/mol. The van der Waals surface area contributed by atoms with Crippen LogP contribution in [0.3, 0.4) is 0 Å². The number of ketones is 1. The molecule has 1 aliphatic carbocycles. The average molecular weight is 245 g/mol. The van der Waals surface area contributed by atoms with Gasteiger partial charge in [-0.05, 0) is 25.8 Å². The fraction of sp³-hybridized carbons (Fsp3) is 0.909. The van der Waals surface area contributed by atoms with Gasteiger partial charge in [-0.25, -0.2) is 8.42 Å². The lowest BCUT2D eigenvalue weighted by Crippen LogP contribution is -2.44. The van der Waals surface area contributed by atoms with Crippen LogP contribution in [-0.4, -0.2) is 49.7 Å². The van der Waals surface area contributed by atoms with Gasteiger partial charge < -0.3 is 0 Å². The van der Waals surface area contributed by atoms with Crippen molar-refractivity contribution in [2.45, 2.75) is 38.1 Å². The molecule has 0 radical (unpaired) electrons. The molecule has 0 aromatic carbocycles. The molecule has 1 unspecified atom stereocenters. The first kappa shape index (κ1) is 12.0. The minimum absolute atomic E-state index is 0.00190. The quantitative estimate of drug-likeness (QED) is 0.679. The maximum absolute atomic E-state index is 11.8. The Balaban J connectivity index is 2.01. The Morgan fingerprint density at radius 2 is 1.88 bits per heavy atom. The number of hydrogen-bond donors (Lipinski definition) is 0. The van der Waals surface area contributed by atoms with E-state index < -0.39 is 9.84 Å². The summed E-state index contributed by atoms with van der Waals surface area (Å²) in [4.78, 5) is 13.9. The van der Waals surface area contributed by atoms with Crippen molar-refractivity contribution < 1.29 is 13.2 Å². The van der Waals surface area contributed by atoms with Gasteiger partial charge >= 0.3 is 0 Å². The number of rotatable bonds is 1. The van der Waals surface area contributed by atoms with Gasteiger partial charge in [0.05, 0.1) is 17.5 Å². The molecule has 0 aromatic heterocycles. The van der Waals surface area contributed by atoms with Crippen molar-refractivity contribution in [3.05, 3.63) is 0 Å². The van der Waals surface area contributed by atoms with E-state index >= 15 is 0 Å². The second-order valence-electron chi connectivity index (χ2n) is 4.77. The van der Waals surface area contributed by atoms with Crippen molar-refractivity contribution >= 4 is 15.6 Å². The number of carbonyl (C=O) groups is 1. The highest BCUT2D eigenvalue weighted by molar-refractivity contribution is 7.91. The van der Waals surface area contributed by atoms with Crippen LogP contribution in [0.1, 0.15) is 32.1 Å². The molecule has 92 valence electrons. The van der Waals surface area contributed by atoms with Crippen molar-refractivity contribution in [2.24, 2.45) is 0 Å². The first-order valence-corrected chi connectivity index (χ1v) is 7.88. The highest BCUT2D eigenvalue weighted by atomic mass is 32.2. The zero-order valence-electron chi connectivity index (χ0n) is 9.52. The van der Waals surface area contributed by atoms with Crippen LogP contribution in [0.2, 0.25) is 0 Å². The zero-order chi connectivity index (χ0) is 11.6. The summed E-state index contributed by atoms with van der Waals surface area (Å²) in [5.74, 6) is 0.812. The second kappa shape index (κ2) is 4.84. The summed E-state index contributed by atoms with van der Waals surface area (Å²) in [6, 6.07) is 0.00190. The molecule has 2 rings (SSSR count). The van der Waals surface area contributed by atoms with Crippen LogP contribution in [0.15, 0.2) is 0 Å². The van der Waals surface area contributed by atoms with E-state index in [0.717, 1.165) is 25.8 Å². The highest BCUT2D eigenvalue weighted by Gasteiger charge is 2.30. The number of nitrogens with zero attached hydrogens (tertiary/aromatic N) is 1. The Kier molecular flexibility index (Phi) is 3.64. The fourth-order valence-electron chi connectivity index (χ4n) is 2.62. The van der Waals surface area contributed by atoms with Crippen LogP contribution in [0.4, 0.5) is 0 Å². The van der Waals surface area contributed by atoms with E-state index in [2.05, 4.69) is 4.90 Å². The second-order valence-corrected chi connectivity index (χ2v) is 7.07. The standard InChI is InChI=1S/C11H19NO3S/c13-11-5-2-1-4-10(11)12-6-3-8-16(14,15)9-7-12/h10H,1-9H2. The molecule has 1 aliphatic heterocycles. The average Bonchev–Trinajstić information content (AvgIpc) is 2.40. The van der Waals surface area contributed by atoms with E-state index in [9.17, 15) is 13.2 Å². The summed E-state index contributed by atoms with van der Waals surface area (Å²) in [6.45, 7) is 1.30. The van der Waals surface area contributed by atoms with Crippen LogP contribution >= 0.6 is 0 Å². The maximum atomic E-state index is 11.8. The predicted molar refractivity (Wildman–Crippen MR) is 62.1 cm³/mol. The molecular formula is C11H19NO3S. The molecule has 16 heavy (non-hydrogen) atoms. The normalized spacial score (nSPS) is 32.2. The molecule has 0 aromatic rings. The molecule has 1 heterocycles. The topological polar surface area (TPSA) is 54.5 Å². The highest BCUT2D eigenvalue weighted by Crippen LogP contribution is 2.21. The van der Waals surface area contributed by atoms with Gasteiger partial charge in [0.2, 0.25) is 0 Å². The smallest absolute Gasteiger partial charge is 0.151 e. The molecule has 5 heteroatoms. The van der Waals surface area contributed by atoms with Gasteiger partial charge in [-0.2, -0.15) is 0 Å². The summed E-state index contributed by atoms with van der Waals surface area (Å²) >= 11 is 0. The van der Waals surface area contributed by atoms with Gasteiger partial charge in [-0.15, -0.1) is 0 Å². The molecular weight excluding hydrogens is 226 g/mol. The van der Waals surface area contributed by atoms with Gasteiger partial charge in [-0.3, -0.25) is 9.69 Å². The first-order chi connectivity index (χ1) is 7.58. The molecule has 2 fully saturated rings. The summed E-state index contributed by atoms with van der Waals surface area (Å²) in [5, 5.41) is 0. The number of Topliss-reactive ketones (excluding diaryl/α,β-unsaturated/α-hetero) is 1. The third kappa shape index (κ3) is 2.83. The van der Waals surface area contributed by atoms with Crippen molar-refractivity contribution in [3.63, 3.8) is 0 Å². The Morgan fingerprint density at radius 1 is 1.06 bits per heavy atom. The van der Waals surface area contributed by atoms with Crippen LogP contribution in [-0.2, 0) is 14.6 Å². The Hall–Kier alpha value is -0.420. The van der Waals surface area contributed by atoms with Gasteiger partial charge in [0.1, 0.15) is 5.78 Å². The summed E-state index contributed by atoms with van der Waals surface area (Å²) in [5.41, 5.74) is 0. The van der Waals surface area contributed by atoms with Gasteiger partial charge in [0, 0.05) is 13.0 Å². The van der Waals surface area contributed by atoms with E-state index in [1.807, 2.05) is 0 Å². The van der Waals surface area contributed by atoms with Crippen LogP contribution < -0.4 is 0 Å². The molecule has 1 saturated carbocycles. The minimum atomic E-state index is -2.86. The molecule has 0 N–H and O–H groups in total. The van der Waals surface area contributed by atoms with Gasteiger partial charge in [0.15, 0.2) is 9.84 Å². The SMILES string of the molecule is O=C1CCCCC1N1CCCS(=O)(=O)CC1. The van der Waals surface area contributed by atoms with Gasteiger partial charge in [-0.1, -0.05) is 6.42 Å². The molecule has 0 spiro atoms. The molecule has 0 bridgehead atoms. The van der Waals surface area contributed by atoms with E-state index in [4.69, 9.17) is 0 Å². The molecule has 4 nitrogen and oxygen atoms in total. The summed E-state index contributed by atoms with van der Waals surface area (Å²) in [6.07, 6.45) is 4.36. The number of hydrogen-bond acceptors (Lipinski definition) is 4. The van der Waals surface area contributed by atoms with Crippen molar-refractivity contribution in [2.75, 3.05) is 24.6 Å². The zero-order valence-corrected chi connectivity index (χ0v) is 10.3. The van der Waals surface area contributed by atoms with Crippen LogP contribution in [0.5, 0.6) is 0 Å².